The third-order valence-electron chi connectivity index (χ3n) is 5.26. The van der Waals surface area contributed by atoms with Crippen LogP contribution in [-0.2, 0) is 4.74 Å². The molecule has 1 aromatic carbocycles. The molecule has 0 unspecified atom stereocenters. The number of hydrogen-bond acceptors (Lipinski definition) is 8. The van der Waals surface area contributed by atoms with Crippen molar-refractivity contribution in [3.63, 3.8) is 0 Å². The zero-order valence-corrected chi connectivity index (χ0v) is 17.8. The predicted octanol–water partition coefficient (Wildman–Crippen LogP) is -0.0576. The average Bonchev–Trinajstić information content (AvgIpc) is 3.36. The first kappa shape index (κ1) is 20.9. The van der Waals surface area contributed by atoms with E-state index in [-0.39, 0.29) is 11.6 Å². The minimum atomic E-state index is -0.495. The van der Waals surface area contributed by atoms with Crippen LogP contribution in [0, 0.1) is 0 Å². The van der Waals surface area contributed by atoms with E-state index in [4.69, 9.17) is 9.47 Å². The van der Waals surface area contributed by atoms with Crippen LogP contribution >= 0.6 is 0 Å². The maximum absolute atomic E-state index is 11.4. The number of benzene rings is 1. The van der Waals surface area contributed by atoms with Gasteiger partial charge in [0.05, 0.1) is 25.1 Å². The number of morpholine rings is 1. The Labute approximate surface area is 187 Å². The lowest BCUT2D eigenvalue weighted by molar-refractivity contribution is 0.0322. The SMILES string of the molecule is O=c1[nH]c(O)c(C=c2cnn3ccc(=Nc4cccc(OCCN5CCOCC5)c4)nc23)[nH]1. The predicted molar refractivity (Wildman–Crippen MR) is 119 cm³/mol. The molecule has 1 fully saturated rings. The first-order valence-electron chi connectivity index (χ1n) is 10.6. The Balaban J connectivity index is 1.37. The minimum Gasteiger partial charge on any atom is -0.493 e. The number of rotatable bonds is 6. The van der Waals surface area contributed by atoms with Gasteiger partial charge in [-0.1, -0.05) is 6.07 Å². The third kappa shape index (κ3) is 4.94. The smallest absolute Gasteiger partial charge is 0.326 e. The van der Waals surface area contributed by atoms with Crippen LogP contribution in [-0.4, -0.2) is 74.0 Å². The van der Waals surface area contributed by atoms with Gasteiger partial charge in [0.15, 0.2) is 11.1 Å². The summed E-state index contributed by atoms with van der Waals surface area (Å²) in [5.74, 6) is 0.501. The molecule has 0 bridgehead atoms. The van der Waals surface area contributed by atoms with Crippen molar-refractivity contribution in [3.05, 3.63) is 69.6 Å². The molecule has 0 saturated carbocycles. The van der Waals surface area contributed by atoms with Crippen LogP contribution in [0.4, 0.5) is 5.69 Å². The van der Waals surface area contributed by atoms with Gasteiger partial charge in [-0.3, -0.25) is 9.88 Å². The summed E-state index contributed by atoms with van der Waals surface area (Å²) in [5.41, 5.74) is 1.51. The highest BCUT2D eigenvalue weighted by atomic mass is 16.5. The monoisotopic (exact) mass is 449 g/mol. The Hall–Kier alpha value is -3.96. The number of hydrogen-bond donors (Lipinski definition) is 3. The Kier molecular flexibility index (Phi) is 5.87. The molecule has 170 valence electrons. The van der Waals surface area contributed by atoms with Crippen LogP contribution in [0.2, 0.25) is 0 Å². The molecule has 11 heteroatoms. The topological polar surface area (TPSA) is 133 Å². The third-order valence-corrected chi connectivity index (χ3v) is 5.26. The van der Waals surface area contributed by atoms with Crippen molar-refractivity contribution in [3.8, 4) is 11.6 Å². The van der Waals surface area contributed by atoms with Gasteiger partial charge in [0.1, 0.15) is 18.1 Å². The fourth-order valence-electron chi connectivity index (χ4n) is 3.58. The maximum atomic E-state index is 11.4. The van der Waals surface area contributed by atoms with E-state index in [9.17, 15) is 9.90 Å². The minimum absolute atomic E-state index is 0.245. The van der Waals surface area contributed by atoms with Crippen LogP contribution in [0.3, 0.4) is 0 Å². The number of nitrogens with zero attached hydrogens (tertiary/aromatic N) is 5. The Morgan fingerprint density at radius 1 is 1.24 bits per heavy atom. The van der Waals surface area contributed by atoms with Gasteiger partial charge < -0.3 is 19.6 Å². The maximum Gasteiger partial charge on any atom is 0.326 e. The quantitative estimate of drug-likeness (QED) is 0.376. The number of aromatic amines is 2. The molecule has 0 radical (unpaired) electrons. The van der Waals surface area contributed by atoms with Crippen molar-refractivity contribution in [2.24, 2.45) is 4.99 Å². The van der Waals surface area contributed by atoms with Crippen molar-refractivity contribution in [2.45, 2.75) is 0 Å². The van der Waals surface area contributed by atoms with Gasteiger partial charge in [0.2, 0.25) is 5.88 Å². The number of H-pyrrole nitrogens is 2. The van der Waals surface area contributed by atoms with E-state index in [0.717, 1.165) is 38.6 Å². The van der Waals surface area contributed by atoms with E-state index in [1.807, 2.05) is 24.3 Å². The first-order chi connectivity index (χ1) is 16.1. The van der Waals surface area contributed by atoms with Gasteiger partial charge in [-0.2, -0.15) is 5.10 Å². The van der Waals surface area contributed by atoms with Crippen molar-refractivity contribution >= 4 is 17.4 Å². The molecule has 33 heavy (non-hydrogen) atoms. The van der Waals surface area contributed by atoms with Crippen LogP contribution in [0.5, 0.6) is 11.6 Å². The molecule has 5 rings (SSSR count). The van der Waals surface area contributed by atoms with Crippen LogP contribution in [0.15, 0.2) is 52.5 Å². The standard InChI is InChI=1S/C22H23N7O4/c30-21-18(25-22(31)27-21)12-15-14-23-29-5-4-19(26-20(15)29)24-16-2-1-3-17(13-16)33-11-8-28-6-9-32-10-7-28/h1-5,12-14,30H,6-11H2,(H2,25,27,31). The van der Waals surface area contributed by atoms with Crippen LogP contribution in [0.1, 0.15) is 5.69 Å². The van der Waals surface area contributed by atoms with E-state index < -0.39 is 5.69 Å². The van der Waals surface area contributed by atoms with E-state index in [1.165, 1.54) is 0 Å². The molecule has 0 atom stereocenters. The molecule has 0 amide bonds. The molecule has 11 nitrogen and oxygen atoms in total. The first-order valence-corrected chi connectivity index (χ1v) is 10.6. The summed E-state index contributed by atoms with van der Waals surface area (Å²) in [6.07, 6.45) is 4.94. The Bertz CT molecular complexity index is 1430. The van der Waals surface area contributed by atoms with Gasteiger partial charge in [0.25, 0.3) is 0 Å². The molecule has 0 spiro atoms. The summed E-state index contributed by atoms with van der Waals surface area (Å²) in [5, 5.41) is 14.7. The van der Waals surface area contributed by atoms with Gasteiger partial charge >= 0.3 is 5.69 Å². The summed E-state index contributed by atoms with van der Waals surface area (Å²) in [4.78, 5) is 27.7. The van der Waals surface area contributed by atoms with E-state index >= 15 is 0 Å². The molecule has 1 aliphatic heterocycles. The van der Waals surface area contributed by atoms with Gasteiger partial charge in [0, 0.05) is 43.2 Å². The van der Waals surface area contributed by atoms with E-state index in [0.29, 0.717) is 28.6 Å². The number of aromatic hydroxyl groups is 1. The summed E-state index contributed by atoms with van der Waals surface area (Å²) in [6, 6.07) is 9.31. The zero-order valence-electron chi connectivity index (χ0n) is 17.8. The fraction of sp³-hybridized carbons (Fsp3) is 0.273. The van der Waals surface area contributed by atoms with Crippen molar-refractivity contribution in [2.75, 3.05) is 39.5 Å². The molecular weight excluding hydrogens is 426 g/mol. The number of nitrogens with one attached hydrogen (secondary N) is 2. The number of aromatic nitrogens is 5. The van der Waals surface area contributed by atoms with E-state index in [1.54, 1.807) is 29.1 Å². The largest absolute Gasteiger partial charge is 0.493 e. The highest BCUT2D eigenvalue weighted by Gasteiger charge is 2.10. The Morgan fingerprint density at radius 2 is 2.12 bits per heavy atom. The Morgan fingerprint density at radius 3 is 2.94 bits per heavy atom. The summed E-state index contributed by atoms with van der Waals surface area (Å²) in [7, 11) is 0. The van der Waals surface area contributed by atoms with Crippen LogP contribution < -0.4 is 21.1 Å². The number of imidazole rings is 1. The van der Waals surface area contributed by atoms with Crippen LogP contribution in [0.25, 0.3) is 11.7 Å². The van der Waals surface area contributed by atoms with Crippen molar-refractivity contribution in [1.82, 2.24) is 29.5 Å². The number of ether oxygens (including phenoxy) is 2. The van der Waals surface area contributed by atoms with Crippen molar-refractivity contribution in [1.29, 1.82) is 0 Å². The molecule has 1 saturated heterocycles. The highest BCUT2D eigenvalue weighted by Crippen LogP contribution is 2.19. The highest BCUT2D eigenvalue weighted by molar-refractivity contribution is 5.56. The normalized spacial score (nSPS) is 16.0. The van der Waals surface area contributed by atoms with Gasteiger partial charge in [-0.15, -0.1) is 0 Å². The summed E-state index contributed by atoms with van der Waals surface area (Å²) in [6.45, 7) is 4.85. The van der Waals surface area contributed by atoms with Gasteiger partial charge in [-0.25, -0.2) is 19.3 Å². The lowest BCUT2D eigenvalue weighted by Crippen LogP contribution is -2.38. The molecule has 3 N–H and O–H groups in total. The fourth-order valence-corrected chi connectivity index (χ4v) is 3.58. The second-order valence-corrected chi connectivity index (χ2v) is 7.55. The lowest BCUT2D eigenvalue weighted by atomic mass is 10.3. The molecule has 4 aromatic rings. The molecule has 4 heterocycles. The second-order valence-electron chi connectivity index (χ2n) is 7.55. The van der Waals surface area contributed by atoms with Crippen molar-refractivity contribution < 1.29 is 14.6 Å². The number of fused-ring (bicyclic) bond motifs is 1. The second kappa shape index (κ2) is 9.27. The van der Waals surface area contributed by atoms with Gasteiger partial charge in [-0.05, 0) is 18.2 Å². The molecule has 3 aromatic heterocycles. The molecular formula is C22H23N7O4. The average molecular weight is 449 g/mol. The van der Waals surface area contributed by atoms with E-state index in [2.05, 4.69) is 29.9 Å². The zero-order chi connectivity index (χ0) is 22.6. The lowest BCUT2D eigenvalue weighted by Gasteiger charge is -2.26. The summed E-state index contributed by atoms with van der Waals surface area (Å²) >= 11 is 0. The molecule has 1 aliphatic rings. The molecule has 0 aliphatic carbocycles. The summed E-state index contributed by atoms with van der Waals surface area (Å²) < 4.78 is 12.9.